The van der Waals surface area contributed by atoms with Crippen molar-refractivity contribution in [2.45, 2.75) is 39.3 Å². The van der Waals surface area contributed by atoms with E-state index in [2.05, 4.69) is 26.0 Å². The zero-order valence-electron chi connectivity index (χ0n) is 17.2. The third kappa shape index (κ3) is 7.30. The van der Waals surface area contributed by atoms with Gasteiger partial charge in [-0.15, -0.1) is 0 Å². The van der Waals surface area contributed by atoms with Crippen molar-refractivity contribution in [2.24, 2.45) is 12.0 Å². The molecular formula is C20H30N6O2. The van der Waals surface area contributed by atoms with Crippen molar-refractivity contribution in [3.63, 3.8) is 0 Å². The maximum Gasteiger partial charge on any atom is 0.412 e. The molecule has 0 spiro atoms. The molecule has 0 aliphatic carbocycles. The van der Waals surface area contributed by atoms with Gasteiger partial charge in [-0.05, 0) is 51.0 Å². The number of hydrogen-bond acceptors (Lipinski definition) is 4. The second-order valence-corrected chi connectivity index (χ2v) is 7.37. The molecule has 0 aliphatic rings. The van der Waals surface area contributed by atoms with Crippen LogP contribution in [-0.2, 0) is 24.8 Å². The first-order valence-electron chi connectivity index (χ1n) is 9.27. The fourth-order valence-corrected chi connectivity index (χ4v) is 2.47. The highest BCUT2D eigenvalue weighted by atomic mass is 16.6. The average Bonchev–Trinajstić information content (AvgIpc) is 3.02. The Labute approximate surface area is 166 Å². The van der Waals surface area contributed by atoms with Crippen molar-refractivity contribution >= 4 is 17.7 Å². The third-order valence-corrected chi connectivity index (χ3v) is 3.89. The molecule has 0 aliphatic heterocycles. The van der Waals surface area contributed by atoms with Crippen molar-refractivity contribution in [3.05, 3.63) is 47.8 Å². The first-order valence-corrected chi connectivity index (χ1v) is 9.27. The molecule has 0 saturated heterocycles. The molecule has 0 saturated carbocycles. The van der Waals surface area contributed by atoms with E-state index in [1.807, 2.05) is 62.8 Å². The number of rotatable bonds is 6. The fraction of sp³-hybridized carbons (Fsp3) is 0.450. The number of ether oxygens (including phenoxy) is 1. The summed E-state index contributed by atoms with van der Waals surface area (Å²) >= 11 is 0. The molecule has 0 atom stereocenters. The Kier molecular flexibility index (Phi) is 7.43. The second kappa shape index (κ2) is 9.77. The van der Waals surface area contributed by atoms with Gasteiger partial charge >= 0.3 is 6.09 Å². The normalized spacial score (nSPS) is 11.8. The van der Waals surface area contributed by atoms with E-state index in [1.54, 1.807) is 13.2 Å². The molecule has 2 aromatic rings. The van der Waals surface area contributed by atoms with E-state index in [1.165, 1.54) is 0 Å². The second-order valence-electron chi connectivity index (χ2n) is 7.37. The van der Waals surface area contributed by atoms with Crippen molar-refractivity contribution in [3.8, 4) is 0 Å². The SMILES string of the molecule is CN=C(NCCc1ccc(NC(=O)OC(C)(C)C)cc1)NCc1ccnn1C. The molecular weight excluding hydrogens is 356 g/mol. The van der Waals surface area contributed by atoms with Crippen molar-refractivity contribution in [1.29, 1.82) is 0 Å². The van der Waals surface area contributed by atoms with Crippen LogP contribution >= 0.6 is 0 Å². The molecule has 152 valence electrons. The monoisotopic (exact) mass is 386 g/mol. The zero-order valence-corrected chi connectivity index (χ0v) is 17.2. The van der Waals surface area contributed by atoms with Crippen LogP contribution in [0.4, 0.5) is 10.5 Å². The van der Waals surface area contributed by atoms with E-state index >= 15 is 0 Å². The summed E-state index contributed by atoms with van der Waals surface area (Å²) in [6, 6.07) is 9.68. The Balaban J connectivity index is 1.74. The largest absolute Gasteiger partial charge is 0.444 e. The molecule has 0 bridgehead atoms. The highest BCUT2D eigenvalue weighted by Crippen LogP contribution is 2.13. The molecule has 0 unspecified atom stereocenters. The molecule has 1 aromatic heterocycles. The van der Waals surface area contributed by atoms with Crippen LogP contribution in [0, 0.1) is 0 Å². The quantitative estimate of drug-likeness (QED) is 0.524. The Hall–Kier alpha value is -3.03. The number of guanidine groups is 1. The van der Waals surface area contributed by atoms with E-state index in [9.17, 15) is 4.79 Å². The summed E-state index contributed by atoms with van der Waals surface area (Å²) in [5.74, 6) is 0.740. The van der Waals surface area contributed by atoms with Gasteiger partial charge in [0, 0.05) is 32.5 Å². The lowest BCUT2D eigenvalue weighted by molar-refractivity contribution is 0.0636. The number of amides is 1. The molecule has 0 radical (unpaired) electrons. The summed E-state index contributed by atoms with van der Waals surface area (Å²) in [7, 11) is 3.66. The van der Waals surface area contributed by atoms with Crippen LogP contribution < -0.4 is 16.0 Å². The van der Waals surface area contributed by atoms with Crippen LogP contribution in [0.5, 0.6) is 0 Å². The standard InChI is InChI=1S/C20H30N6O2/c1-20(2,3)28-19(27)25-16-8-6-15(7-9-16)10-12-22-18(21-4)23-14-17-11-13-24-26(17)5/h6-9,11,13H,10,12,14H2,1-5H3,(H,25,27)(H2,21,22,23). The highest BCUT2D eigenvalue weighted by molar-refractivity contribution is 5.84. The van der Waals surface area contributed by atoms with Gasteiger partial charge in [0.2, 0.25) is 0 Å². The molecule has 3 N–H and O–H groups in total. The molecule has 1 amide bonds. The third-order valence-electron chi connectivity index (χ3n) is 3.89. The summed E-state index contributed by atoms with van der Waals surface area (Å²) in [5, 5.41) is 13.4. The molecule has 1 aromatic carbocycles. The molecule has 8 nitrogen and oxygen atoms in total. The first kappa shape index (κ1) is 21.3. The van der Waals surface area contributed by atoms with Crippen LogP contribution in [-0.4, -0.2) is 41.0 Å². The first-order chi connectivity index (χ1) is 13.3. The number of nitrogens with zero attached hydrogens (tertiary/aromatic N) is 3. The summed E-state index contributed by atoms with van der Waals surface area (Å²) in [6.07, 6.45) is 2.15. The van der Waals surface area contributed by atoms with Gasteiger partial charge in [-0.2, -0.15) is 5.10 Å². The van der Waals surface area contributed by atoms with Gasteiger partial charge in [-0.1, -0.05) is 12.1 Å². The Morgan fingerprint density at radius 3 is 2.46 bits per heavy atom. The summed E-state index contributed by atoms with van der Waals surface area (Å²) < 4.78 is 7.07. The molecule has 28 heavy (non-hydrogen) atoms. The molecule has 1 heterocycles. The number of aryl methyl sites for hydroxylation is 1. The lowest BCUT2D eigenvalue weighted by Crippen LogP contribution is -2.38. The smallest absolute Gasteiger partial charge is 0.412 e. The van der Waals surface area contributed by atoms with Gasteiger partial charge in [0.05, 0.1) is 12.2 Å². The predicted octanol–water partition coefficient (Wildman–Crippen LogP) is 2.67. The minimum Gasteiger partial charge on any atom is -0.444 e. The number of hydrogen-bond donors (Lipinski definition) is 3. The van der Waals surface area contributed by atoms with Crippen LogP contribution in [0.15, 0.2) is 41.5 Å². The van der Waals surface area contributed by atoms with E-state index in [-0.39, 0.29) is 0 Å². The minimum atomic E-state index is -0.515. The lowest BCUT2D eigenvalue weighted by Gasteiger charge is -2.19. The molecule has 0 fully saturated rings. The number of carbonyl (C=O) groups excluding carboxylic acids is 1. The maximum atomic E-state index is 11.8. The van der Waals surface area contributed by atoms with Crippen molar-refractivity contribution in [2.75, 3.05) is 18.9 Å². The topological polar surface area (TPSA) is 92.6 Å². The van der Waals surface area contributed by atoms with Crippen LogP contribution in [0.25, 0.3) is 0 Å². The van der Waals surface area contributed by atoms with E-state index in [4.69, 9.17) is 4.74 Å². The Morgan fingerprint density at radius 2 is 1.89 bits per heavy atom. The summed E-state index contributed by atoms with van der Waals surface area (Å²) in [5.41, 5.74) is 2.43. The van der Waals surface area contributed by atoms with Crippen LogP contribution in [0.1, 0.15) is 32.0 Å². The number of anilines is 1. The Bertz CT molecular complexity index is 790. The van der Waals surface area contributed by atoms with Gasteiger partial charge in [-0.25, -0.2) is 4.79 Å². The van der Waals surface area contributed by atoms with Gasteiger partial charge in [0.1, 0.15) is 5.60 Å². The lowest BCUT2D eigenvalue weighted by atomic mass is 10.1. The van der Waals surface area contributed by atoms with Gasteiger partial charge in [0.15, 0.2) is 5.96 Å². The minimum absolute atomic E-state index is 0.454. The number of benzene rings is 1. The van der Waals surface area contributed by atoms with E-state index < -0.39 is 11.7 Å². The van der Waals surface area contributed by atoms with Gasteiger partial charge in [0.25, 0.3) is 0 Å². The van der Waals surface area contributed by atoms with Crippen molar-refractivity contribution < 1.29 is 9.53 Å². The van der Waals surface area contributed by atoms with Crippen LogP contribution in [0.3, 0.4) is 0 Å². The number of nitrogens with one attached hydrogen (secondary N) is 3. The van der Waals surface area contributed by atoms with Crippen molar-refractivity contribution in [1.82, 2.24) is 20.4 Å². The average molecular weight is 387 g/mol. The summed E-state index contributed by atoms with van der Waals surface area (Å²) in [4.78, 5) is 16.0. The Morgan fingerprint density at radius 1 is 1.18 bits per heavy atom. The fourth-order valence-electron chi connectivity index (χ4n) is 2.47. The van der Waals surface area contributed by atoms with Crippen LogP contribution in [0.2, 0.25) is 0 Å². The highest BCUT2D eigenvalue weighted by Gasteiger charge is 2.16. The number of aromatic nitrogens is 2. The number of carbonyl (C=O) groups is 1. The molecule has 2 rings (SSSR count). The predicted molar refractivity (Wildman–Crippen MR) is 111 cm³/mol. The van der Waals surface area contributed by atoms with Gasteiger partial charge < -0.3 is 15.4 Å². The van der Waals surface area contributed by atoms with E-state index in [0.717, 1.165) is 30.2 Å². The van der Waals surface area contributed by atoms with Gasteiger partial charge in [-0.3, -0.25) is 15.0 Å². The zero-order chi connectivity index (χ0) is 20.6. The van der Waals surface area contributed by atoms with E-state index in [0.29, 0.717) is 12.2 Å². The maximum absolute atomic E-state index is 11.8. The summed E-state index contributed by atoms with van der Waals surface area (Å²) in [6.45, 7) is 6.90. The molecule has 8 heteroatoms. The number of aliphatic imine (C=N–C) groups is 1.